The largest absolute Gasteiger partial charge is 0.377 e. The number of benzene rings is 1. The van der Waals surface area contributed by atoms with E-state index < -0.39 is 0 Å². The molecule has 0 radical (unpaired) electrons. The van der Waals surface area contributed by atoms with Crippen LogP contribution in [0.25, 0.3) is 0 Å². The third-order valence-electron chi connectivity index (χ3n) is 2.73. The molecular weight excluding hydrogens is 174 g/mol. The van der Waals surface area contributed by atoms with Crippen molar-refractivity contribution < 1.29 is 4.74 Å². The van der Waals surface area contributed by atoms with Crippen molar-refractivity contribution in [2.75, 3.05) is 24.7 Å². The molecule has 76 valence electrons. The van der Waals surface area contributed by atoms with E-state index in [1.807, 2.05) is 0 Å². The zero-order valence-electron chi connectivity index (χ0n) is 8.86. The fraction of sp³-hybridized carbons (Fsp3) is 0.500. The molecule has 1 aromatic carbocycles. The van der Waals surface area contributed by atoms with Crippen molar-refractivity contribution in [1.82, 2.24) is 0 Å². The first-order valence-corrected chi connectivity index (χ1v) is 5.18. The lowest BCUT2D eigenvalue weighted by Crippen LogP contribution is -2.43. The van der Waals surface area contributed by atoms with Crippen LogP contribution in [0.5, 0.6) is 0 Å². The summed E-state index contributed by atoms with van der Waals surface area (Å²) in [6.45, 7) is 7.02. The molecule has 0 spiro atoms. The topological polar surface area (TPSA) is 12.5 Å². The SMILES string of the molecule is Cc1ccc(N2CCOCC2C)cc1. The van der Waals surface area contributed by atoms with E-state index in [0.29, 0.717) is 6.04 Å². The van der Waals surface area contributed by atoms with Gasteiger partial charge in [-0.05, 0) is 26.0 Å². The van der Waals surface area contributed by atoms with Gasteiger partial charge in [-0.25, -0.2) is 0 Å². The second kappa shape index (κ2) is 4.01. The molecule has 0 bridgehead atoms. The van der Waals surface area contributed by atoms with E-state index in [0.717, 1.165) is 19.8 Å². The van der Waals surface area contributed by atoms with Crippen LogP contribution < -0.4 is 4.90 Å². The van der Waals surface area contributed by atoms with Gasteiger partial charge in [-0.15, -0.1) is 0 Å². The van der Waals surface area contributed by atoms with Crippen molar-refractivity contribution in [3.05, 3.63) is 29.8 Å². The molecule has 1 heterocycles. The molecule has 2 rings (SSSR count). The molecular formula is C12H17NO. The highest BCUT2D eigenvalue weighted by atomic mass is 16.5. The van der Waals surface area contributed by atoms with Crippen LogP contribution in [0.2, 0.25) is 0 Å². The number of nitrogens with zero attached hydrogens (tertiary/aromatic N) is 1. The van der Waals surface area contributed by atoms with Crippen molar-refractivity contribution in [2.24, 2.45) is 0 Å². The molecule has 1 atom stereocenters. The smallest absolute Gasteiger partial charge is 0.0668 e. The van der Waals surface area contributed by atoms with Crippen LogP contribution in [-0.4, -0.2) is 25.8 Å². The molecule has 1 aliphatic rings. The second-order valence-electron chi connectivity index (χ2n) is 3.95. The minimum absolute atomic E-state index is 0.492. The van der Waals surface area contributed by atoms with E-state index in [1.165, 1.54) is 11.3 Å². The van der Waals surface area contributed by atoms with Crippen LogP contribution in [0.4, 0.5) is 5.69 Å². The molecule has 0 aromatic heterocycles. The first-order chi connectivity index (χ1) is 6.77. The quantitative estimate of drug-likeness (QED) is 0.675. The Labute approximate surface area is 85.5 Å². The Morgan fingerprint density at radius 3 is 2.64 bits per heavy atom. The second-order valence-corrected chi connectivity index (χ2v) is 3.95. The molecule has 0 N–H and O–H groups in total. The molecule has 14 heavy (non-hydrogen) atoms. The van der Waals surface area contributed by atoms with Gasteiger partial charge in [0, 0.05) is 18.3 Å². The predicted molar refractivity (Wildman–Crippen MR) is 58.8 cm³/mol. The van der Waals surface area contributed by atoms with E-state index in [1.54, 1.807) is 0 Å². The van der Waals surface area contributed by atoms with E-state index in [-0.39, 0.29) is 0 Å². The predicted octanol–water partition coefficient (Wildman–Crippen LogP) is 2.22. The lowest BCUT2D eigenvalue weighted by atomic mass is 10.1. The number of aryl methyl sites for hydroxylation is 1. The molecule has 1 saturated heterocycles. The van der Waals surface area contributed by atoms with Gasteiger partial charge in [0.05, 0.1) is 13.2 Å². The number of hydrogen-bond acceptors (Lipinski definition) is 2. The highest BCUT2D eigenvalue weighted by Crippen LogP contribution is 2.19. The summed E-state index contributed by atoms with van der Waals surface area (Å²) in [4.78, 5) is 2.41. The van der Waals surface area contributed by atoms with Crippen LogP contribution in [0.3, 0.4) is 0 Å². The first kappa shape index (κ1) is 9.53. The van der Waals surface area contributed by atoms with Gasteiger partial charge in [-0.3, -0.25) is 0 Å². The summed E-state index contributed by atoms with van der Waals surface area (Å²) in [5.41, 5.74) is 2.63. The van der Waals surface area contributed by atoms with E-state index in [9.17, 15) is 0 Å². The van der Waals surface area contributed by atoms with Gasteiger partial charge >= 0.3 is 0 Å². The van der Waals surface area contributed by atoms with Crippen molar-refractivity contribution >= 4 is 5.69 Å². The molecule has 1 aliphatic heterocycles. The maximum absolute atomic E-state index is 5.42. The van der Waals surface area contributed by atoms with Crippen molar-refractivity contribution in [1.29, 1.82) is 0 Å². The Balaban J connectivity index is 2.16. The number of rotatable bonds is 1. The molecule has 2 nitrogen and oxygen atoms in total. The van der Waals surface area contributed by atoms with Gasteiger partial charge < -0.3 is 9.64 Å². The van der Waals surface area contributed by atoms with Gasteiger partial charge in [-0.1, -0.05) is 17.7 Å². The summed E-state index contributed by atoms with van der Waals surface area (Å²) in [6.07, 6.45) is 0. The van der Waals surface area contributed by atoms with Crippen LogP contribution in [0.15, 0.2) is 24.3 Å². The van der Waals surface area contributed by atoms with Gasteiger partial charge in [0.2, 0.25) is 0 Å². The van der Waals surface area contributed by atoms with Gasteiger partial charge in [0.25, 0.3) is 0 Å². The lowest BCUT2D eigenvalue weighted by molar-refractivity contribution is 0.0989. The molecule has 1 unspecified atom stereocenters. The highest BCUT2D eigenvalue weighted by Gasteiger charge is 2.18. The van der Waals surface area contributed by atoms with E-state index in [4.69, 9.17) is 4.74 Å². The number of ether oxygens (including phenoxy) is 1. The monoisotopic (exact) mass is 191 g/mol. The first-order valence-electron chi connectivity index (χ1n) is 5.18. The van der Waals surface area contributed by atoms with Crippen molar-refractivity contribution in [3.8, 4) is 0 Å². The summed E-state index contributed by atoms with van der Waals surface area (Å²) in [5.74, 6) is 0. The van der Waals surface area contributed by atoms with E-state index in [2.05, 4.69) is 43.0 Å². The van der Waals surface area contributed by atoms with Gasteiger partial charge in [-0.2, -0.15) is 0 Å². The van der Waals surface area contributed by atoms with Crippen LogP contribution in [0.1, 0.15) is 12.5 Å². The van der Waals surface area contributed by atoms with Crippen molar-refractivity contribution in [2.45, 2.75) is 19.9 Å². The molecule has 1 aromatic rings. The fourth-order valence-electron chi connectivity index (χ4n) is 1.85. The summed E-state index contributed by atoms with van der Waals surface area (Å²) in [6, 6.07) is 9.20. The third kappa shape index (κ3) is 1.90. The Morgan fingerprint density at radius 1 is 1.29 bits per heavy atom. The standard InChI is InChI=1S/C12H17NO/c1-10-3-5-12(6-4-10)13-7-8-14-9-11(13)2/h3-6,11H,7-9H2,1-2H3. The summed E-state index contributed by atoms with van der Waals surface area (Å²) in [7, 11) is 0. The summed E-state index contributed by atoms with van der Waals surface area (Å²) in [5, 5.41) is 0. The average molecular weight is 191 g/mol. The van der Waals surface area contributed by atoms with Crippen molar-refractivity contribution in [3.63, 3.8) is 0 Å². The summed E-state index contributed by atoms with van der Waals surface area (Å²) < 4.78 is 5.42. The normalized spacial score (nSPS) is 22.4. The maximum Gasteiger partial charge on any atom is 0.0668 e. The molecule has 2 heteroatoms. The Morgan fingerprint density at radius 2 is 2.00 bits per heavy atom. The fourth-order valence-corrected chi connectivity index (χ4v) is 1.85. The Hall–Kier alpha value is -1.02. The van der Waals surface area contributed by atoms with Crippen LogP contribution >= 0.6 is 0 Å². The van der Waals surface area contributed by atoms with Crippen LogP contribution in [-0.2, 0) is 4.74 Å². The van der Waals surface area contributed by atoms with Gasteiger partial charge in [0.15, 0.2) is 0 Å². The molecule has 0 saturated carbocycles. The number of hydrogen-bond donors (Lipinski definition) is 0. The Bertz CT molecular complexity index is 294. The molecule has 0 amide bonds. The molecule has 0 aliphatic carbocycles. The Kier molecular flexibility index (Phi) is 2.73. The van der Waals surface area contributed by atoms with Gasteiger partial charge in [0.1, 0.15) is 0 Å². The minimum Gasteiger partial charge on any atom is -0.377 e. The van der Waals surface area contributed by atoms with Crippen LogP contribution in [0, 0.1) is 6.92 Å². The minimum atomic E-state index is 0.492. The number of morpholine rings is 1. The van der Waals surface area contributed by atoms with E-state index >= 15 is 0 Å². The zero-order valence-corrected chi connectivity index (χ0v) is 8.86. The highest BCUT2D eigenvalue weighted by molar-refractivity contribution is 5.48. The average Bonchev–Trinajstić information content (AvgIpc) is 2.20. The summed E-state index contributed by atoms with van der Waals surface area (Å²) >= 11 is 0. The maximum atomic E-state index is 5.42. The third-order valence-corrected chi connectivity index (χ3v) is 2.73. The number of anilines is 1. The molecule has 1 fully saturated rings. The lowest BCUT2D eigenvalue weighted by Gasteiger charge is -2.35. The zero-order chi connectivity index (χ0) is 9.97.